The smallest absolute Gasteiger partial charge is 0.257 e. The molecule has 0 aliphatic carbocycles. The first-order valence-electron chi connectivity index (χ1n) is 12.8. The van der Waals surface area contributed by atoms with Gasteiger partial charge in [-0.25, -0.2) is 9.97 Å². The van der Waals surface area contributed by atoms with Gasteiger partial charge in [0.05, 0.1) is 28.8 Å². The minimum Gasteiger partial charge on any atom is -0.323 e. The zero-order chi connectivity index (χ0) is 25.6. The van der Waals surface area contributed by atoms with Crippen LogP contribution in [0.25, 0.3) is 11.3 Å². The van der Waals surface area contributed by atoms with Crippen molar-refractivity contribution in [1.82, 2.24) is 19.9 Å². The molecule has 0 unspecified atom stereocenters. The largest absolute Gasteiger partial charge is 0.323 e. The third kappa shape index (κ3) is 6.37. The number of benzene rings is 2. The number of anilines is 3. The van der Waals surface area contributed by atoms with Gasteiger partial charge in [0.2, 0.25) is 5.95 Å². The molecule has 1 saturated heterocycles. The van der Waals surface area contributed by atoms with E-state index in [-0.39, 0.29) is 5.91 Å². The van der Waals surface area contributed by atoms with Crippen LogP contribution in [0.5, 0.6) is 0 Å². The van der Waals surface area contributed by atoms with E-state index in [1.165, 1.54) is 18.4 Å². The lowest BCUT2D eigenvalue weighted by Gasteiger charge is -2.30. The van der Waals surface area contributed by atoms with Crippen molar-refractivity contribution in [3.63, 3.8) is 0 Å². The van der Waals surface area contributed by atoms with E-state index in [1.807, 2.05) is 55.5 Å². The van der Waals surface area contributed by atoms with Gasteiger partial charge in [-0.05, 0) is 68.6 Å². The quantitative estimate of drug-likeness (QED) is 0.326. The van der Waals surface area contributed by atoms with E-state index >= 15 is 0 Å². The molecule has 37 heavy (non-hydrogen) atoms. The Morgan fingerprint density at radius 2 is 1.73 bits per heavy atom. The minimum atomic E-state index is -0.203. The normalized spacial score (nSPS) is 14.3. The zero-order valence-corrected chi connectivity index (χ0v) is 21.3. The molecular weight excluding hydrogens is 460 g/mol. The number of hydrogen-bond donors (Lipinski definition) is 2. The van der Waals surface area contributed by atoms with Gasteiger partial charge in [0.1, 0.15) is 0 Å². The number of pyridine rings is 1. The predicted octanol–water partition coefficient (Wildman–Crippen LogP) is 6.07. The number of likely N-dealkylation sites (tertiary alicyclic amines) is 1. The van der Waals surface area contributed by atoms with Gasteiger partial charge in [-0.2, -0.15) is 0 Å². The number of piperidine rings is 1. The molecule has 0 radical (unpaired) electrons. The zero-order valence-electron chi connectivity index (χ0n) is 21.3. The second-order valence-corrected chi connectivity index (χ2v) is 9.72. The molecule has 7 heteroatoms. The van der Waals surface area contributed by atoms with Crippen molar-refractivity contribution in [3.8, 4) is 11.3 Å². The molecular formula is C30H32N6O. The lowest BCUT2D eigenvalue weighted by molar-refractivity contribution is 0.102. The molecule has 2 aromatic heterocycles. The molecule has 1 fully saturated rings. The van der Waals surface area contributed by atoms with E-state index in [1.54, 1.807) is 18.5 Å². The molecule has 2 aromatic carbocycles. The highest BCUT2D eigenvalue weighted by Crippen LogP contribution is 2.22. The Hall–Kier alpha value is -4.10. The average Bonchev–Trinajstić information content (AvgIpc) is 2.93. The average molecular weight is 493 g/mol. The molecule has 0 atom stereocenters. The lowest BCUT2D eigenvalue weighted by atomic mass is 9.99. The molecule has 1 aliphatic heterocycles. The van der Waals surface area contributed by atoms with Crippen LogP contribution in [0.15, 0.2) is 79.1 Å². The van der Waals surface area contributed by atoms with Crippen molar-refractivity contribution in [1.29, 1.82) is 0 Å². The third-order valence-corrected chi connectivity index (χ3v) is 6.81. The summed E-state index contributed by atoms with van der Waals surface area (Å²) in [6.07, 6.45) is 5.92. The maximum absolute atomic E-state index is 13.1. The van der Waals surface area contributed by atoms with Crippen LogP contribution in [0, 0.1) is 12.8 Å². The summed E-state index contributed by atoms with van der Waals surface area (Å²) in [5, 5.41) is 6.19. The number of carbonyl (C=O) groups is 1. The molecule has 0 spiro atoms. The number of carbonyl (C=O) groups excluding carboxylic acids is 1. The standard InChI is InChI=1S/C30H32N6O/c1-21-13-16-36(17-14-21)20-23-8-10-25(11-9-23)33-29(37)27-18-26(19-32-22(27)2)34-30-31-15-12-28(35-30)24-6-4-3-5-7-24/h3-12,15,18-19,21H,13-14,16-17,20H2,1-2H3,(H,33,37)(H,31,34,35). The number of hydrogen-bond acceptors (Lipinski definition) is 6. The van der Waals surface area contributed by atoms with Crippen LogP contribution in [0.4, 0.5) is 17.3 Å². The van der Waals surface area contributed by atoms with Crippen LogP contribution in [0.1, 0.15) is 41.4 Å². The van der Waals surface area contributed by atoms with Gasteiger partial charge >= 0.3 is 0 Å². The fourth-order valence-corrected chi connectivity index (χ4v) is 4.52. The van der Waals surface area contributed by atoms with E-state index in [4.69, 9.17) is 0 Å². The lowest BCUT2D eigenvalue weighted by Crippen LogP contribution is -2.32. The second kappa shape index (κ2) is 11.3. The molecule has 2 N–H and O–H groups in total. The van der Waals surface area contributed by atoms with Crippen LogP contribution in [-0.4, -0.2) is 38.8 Å². The van der Waals surface area contributed by atoms with E-state index in [0.717, 1.165) is 42.5 Å². The summed E-state index contributed by atoms with van der Waals surface area (Å²) in [6.45, 7) is 7.41. The van der Waals surface area contributed by atoms with Crippen molar-refractivity contribution in [3.05, 3.63) is 95.9 Å². The predicted molar refractivity (Wildman–Crippen MR) is 148 cm³/mol. The molecule has 1 aliphatic rings. The fourth-order valence-electron chi connectivity index (χ4n) is 4.52. The van der Waals surface area contributed by atoms with Gasteiger partial charge in [0, 0.05) is 24.0 Å². The summed E-state index contributed by atoms with van der Waals surface area (Å²) >= 11 is 0. The van der Waals surface area contributed by atoms with Crippen molar-refractivity contribution in [2.75, 3.05) is 23.7 Å². The Bertz CT molecular complexity index is 1350. The molecule has 5 rings (SSSR count). The summed E-state index contributed by atoms with van der Waals surface area (Å²) in [5.74, 6) is 1.06. The summed E-state index contributed by atoms with van der Waals surface area (Å²) in [4.78, 5) is 28.9. The minimum absolute atomic E-state index is 0.203. The highest BCUT2D eigenvalue weighted by Gasteiger charge is 2.16. The molecule has 7 nitrogen and oxygen atoms in total. The Morgan fingerprint density at radius 3 is 2.49 bits per heavy atom. The Balaban J connectivity index is 1.24. The highest BCUT2D eigenvalue weighted by molar-refractivity contribution is 6.05. The van der Waals surface area contributed by atoms with Gasteiger partial charge in [-0.15, -0.1) is 0 Å². The number of nitrogens with zero attached hydrogens (tertiary/aromatic N) is 4. The third-order valence-electron chi connectivity index (χ3n) is 6.81. The van der Waals surface area contributed by atoms with Gasteiger partial charge in [0.25, 0.3) is 5.91 Å². The second-order valence-electron chi connectivity index (χ2n) is 9.72. The van der Waals surface area contributed by atoms with Gasteiger partial charge < -0.3 is 10.6 Å². The molecule has 1 amide bonds. The van der Waals surface area contributed by atoms with E-state index in [9.17, 15) is 4.79 Å². The monoisotopic (exact) mass is 492 g/mol. The van der Waals surface area contributed by atoms with Crippen LogP contribution in [-0.2, 0) is 6.54 Å². The Labute approximate surface area is 218 Å². The van der Waals surface area contributed by atoms with Crippen LogP contribution in [0.3, 0.4) is 0 Å². The van der Waals surface area contributed by atoms with Crippen LogP contribution in [0.2, 0.25) is 0 Å². The summed E-state index contributed by atoms with van der Waals surface area (Å²) < 4.78 is 0. The summed E-state index contributed by atoms with van der Waals surface area (Å²) in [5.41, 5.74) is 5.63. The maximum atomic E-state index is 13.1. The van der Waals surface area contributed by atoms with Crippen molar-refractivity contribution < 1.29 is 4.79 Å². The Kier molecular flexibility index (Phi) is 7.51. The highest BCUT2D eigenvalue weighted by atomic mass is 16.1. The van der Waals surface area contributed by atoms with E-state index < -0.39 is 0 Å². The van der Waals surface area contributed by atoms with Crippen LogP contribution >= 0.6 is 0 Å². The first-order valence-corrected chi connectivity index (χ1v) is 12.8. The van der Waals surface area contributed by atoms with E-state index in [2.05, 4.69) is 49.5 Å². The van der Waals surface area contributed by atoms with Gasteiger partial charge in [-0.3, -0.25) is 14.7 Å². The fraction of sp³-hybridized carbons (Fsp3) is 0.267. The number of aryl methyl sites for hydroxylation is 1. The molecule has 0 saturated carbocycles. The number of rotatable bonds is 7. The molecule has 4 aromatic rings. The number of nitrogens with one attached hydrogen (secondary N) is 2. The first-order chi connectivity index (χ1) is 18.0. The summed E-state index contributed by atoms with van der Waals surface area (Å²) in [6, 6.07) is 21.7. The number of aromatic nitrogens is 3. The molecule has 3 heterocycles. The molecule has 188 valence electrons. The first kappa shape index (κ1) is 24.6. The maximum Gasteiger partial charge on any atom is 0.257 e. The summed E-state index contributed by atoms with van der Waals surface area (Å²) in [7, 11) is 0. The Morgan fingerprint density at radius 1 is 0.973 bits per heavy atom. The number of amides is 1. The van der Waals surface area contributed by atoms with Crippen molar-refractivity contribution >= 4 is 23.2 Å². The topological polar surface area (TPSA) is 83.0 Å². The van der Waals surface area contributed by atoms with Gasteiger partial charge in [-0.1, -0.05) is 49.4 Å². The van der Waals surface area contributed by atoms with Crippen molar-refractivity contribution in [2.24, 2.45) is 5.92 Å². The SMILES string of the molecule is Cc1ncc(Nc2nccc(-c3ccccc3)n2)cc1C(=O)Nc1ccc(CN2CCC(C)CC2)cc1. The van der Waals surface area contributed by atoms with Crippen LogP contribution < -0.4 is 10.6 Å². The van der Waals surface area contributed by atoms with E-state index in [0.29, 0.717) is 22.9 Å². The van der Waals surface area contributed by atoms with Gasteiger partial charge in [0.15, 0.2) is 0 Å². The van der Waals surface area contributed by atoms with Crippen molar-refractivity contribution in [2.45, 2.75) is 33.2 Å². The molecule has 0 bridgehead atoms.